The molecule has 0 amide bonds. The second-order valence-corrected chi connectivity index (χ2v) is 7.45. The lowest BCUT2D eigenvalue weighted by Crippen LogP contribution is -3.16. The number of ether oxygens (including phenoxy) is 1. The van der Waals surface area contributed by atoms with Crippen LogP contribution in [0.2, 0.25) is 0 Å². The number of nitrogens with two attached hydrogens (primary N) is 1. The number of hydrogen-bond donors (Lipinski definition) is 2. The molecule has 1 saturated heterocycles. The molecule has 1 aliphatic rings. The third-order valence-electron chi connectivity index (χ3n) is 5.34. The molecule has 0 unspecified atom stereocenters. The van der Waals surface area contributed by atoms with Crippen LogP contribution in [0, 0.1) is 0 Å². The number of nitrogens with one attached hydrogen (secondary N) is 1. The zero-order valence-electron chi connectivity index (χ0n) is 16.4. The molecule has 28 heavy (non-hydrogen) atoms. The Bertz CT molecular complexity index is 842. The van der Waals surface area contributed by atoms with Gasteiger partial charge in [-0.15, -0.1) is 0 Å². The number of hydrogen-bond acceptors (Lipinski definition) is 2. The Kier molecular flexibility index (Phi) is 6.50. The van der Waals surface area contributed by atoms with Gasteiger partial charge in [0.25, 0.3) is 0 Å². The molecule has 1 aromatic heterocycles. The highest BCUT2D eigenvalue weighted by Crippen LogP contribution is 2.21. The maximum atomic E-state index is 5.45. The van der Waals surface area contributed by atoms with Gasteiger partial charge in [0.2, 0.25) is 0 Å². The zero-order valence-corrected chi connectivity index (χ0v) is 16.4. The molecule has 1 aliphatic heterocycles. The average molecular weight is 379 g/mol. The first-order valence-corrected chi connectivity index (χ1v) is 10.3. The van der Waals surface area contributed by atoms with E-state index in [4.69, 9.17) is 9.84 Å². The maximum Gasteiger partial charge on any atom is 0.127 e. The van der Waals surface area contributed by atoms with Gasteiger partial charge >= 0.3 is 0 Å². The Morgan fingerprint density at radius 2 is 1.68 bits per heavy atom. The van der Waals surface area contributed by atoms with Crippen LogP contribution in [0.5, 0.6) is 0 Å². The molecule has 0 spiro atoms. The summed E-state index contributed by atoms with van der Waals surface area (Å²) in [5, 5.41) is 7.33. The van der Waals surface area contributed by atoms with Crippen LogP contribution in [0.25, 0.3) is 11.3 Å². The van der Waals surface area contributed by atoms with Crippen LogP contribution < -0.4 is 10.2 Å². The van der Waals surface area contributed by atoms with E-state index in [9.17, 15) is 0 Å². The van der Waals surface area contributed by atoms with Crippen molar-refractivity contribution in [2.24, 2.45) is 0 Å². The average Bonchev–Trinajstić information content (AvgIpc) is 3.16. The van der Waals surface area contributed by atoms with Gasteiger partial charge in [0.15, 0.2) is 0 Å². The minimum Gasteiger partial charge on any atom is -0.370 e. The number of benzene rings is 2. The number of rotatable bonds is 8. The van der Waals surface area contributed by atoms with Crippen molar-refractivity contribution < 1.29 is 15.0 Å². The molecule has 0 bridgehead atoms. The summed E-state index contributed by atoms with van der Waals surface area (Å²) in [6.45, 7) is 8.17. The maximum absolute atomic E-state index is 5.45. The fraction of sp³-hybridized carbons (Fsp3) is 0.348. The number of morpholine rings is 1. The quantitative estimate of drug-likeness (QED) is 0.564. The minimum atomic E-state index is 0.804. The first-order chi connectivity index (χ1) is 13.9. The molecule has 3 aromatic rings. The van der Waals surface area contributed by atoms with Gasteiger partial charge in [0, 0.05) is 11.8 Å². The van der Waals surface area contributed by atoms with Crippen LogP contribution in [0.1, 0.15) is 11.1 Å². The molecule has 2 aromatic carbocycles. The van der Waals surface area contributed by atoms with Gasteiger partial charge in [0.1, 0.15) is 38.4 Å². The van der Waals surface area contributed by atoms with Gasteiger partial charge in [-0.05, 0) is 5.56 Å². The third kappa shape index (κ3) is 5.07. The van der Waals surface area contributed by atoms with Gasteiger partial charge in [-0.3, -0.25) is 4.68 Å². The molecule has 0 radical (unpaired) electrons. The predicted octanol–water partition coefficient (Wildman–Crippen LogP) is 0.577. The van der Waals surface area contributed by atoms with E-state index < -0.39 is 0 Å². The summed E-state index contributed by atoms with van der Waals surface area (Å²) < 4.78 is 7.53. The van der Waals surface area contributed by atoms with E-state index in [-0.39, 0.29) is 0 Å². The summed E-state index contributed by atoms with van der Waals surface area (Å²) in [5.74, 6) is 0. The molecule has 146 valence electrons. The highest BCUT2D eigenvalue weighted by Gasteiger charge is 2.16. The third-order valence-corrected chi connectivity index (χ3v) is 5.34. The molecule has 0 atom stereocenters. The monoisotopic (exact) mass is 378 g/mol. The van der Waals surface area contributed by atoms with Crippen LogP contribution in [0.3, 0.4) is 0 Å². The molecule has 3 N–H and O–H groups in total. The van der Waals surface area contributed by atoms with Crippen LogP contribution in [-0.4, -0.2) is 49.2 Å². The molecule has 0 aliphatic carbocycles. The molecule has 0 saturated carbocycles. The van der Waals surface area contributed by atoms with Gasteiger partial charge < -0.3 is 15.0 Å². The highest BCUT2D eigenvalue weighted by molar-refractivity contribution is 5.62. The second kappa shape index (κ2) is 9.64. The summed E-state index contributed by atoms with van der Waals surface area (Å²) >= 11 is 0. The van der Waals surface area contributed by atoms with Crippen molar-refractivity contribution in [3.8, 4) is 11.3 Å². The van der Waals surface area contributed by atoms with Crippen molar-refractivity contribution in [2.75, 3.05) is 39.4 Å². The van der Waals surface area contributed by atoms with Gasteiger partial charge in [-0.1, -0.05) is 60.7 Å². The lowest BCUT2D eigenvalue weighted by Gasteiger charge is -2.22. The first kappa shape index (κ1) is 18.9. The standard InChI is InChI=1S/C23H28N4O/c1-3-7-20(8-4-1)18-27-19-22(23(25-27)21-9-5-2-6-10-21)17-24-11-12-26-13-15-28-16-14-26/h1-10,19,24H,11-18H2/p+2. The van der Waals surface area contributed by atoms with Crippen molar-refractivity contribution in [1.29, 1.82) is 0 Å². The molecule has 4 rings (SSSR count). The smallest absolute Gasteiger partial charge is 0.127 e. The minimum absolute atomic E-state index is 0.804. The Hall–Kier alpha value is -2.47. The predicted molar refractivity (Wildman–Crippen MR) is 110 cm³/mol. The number of aromatic nitrogens is 2. The molecule has 2 heterocycles. The largest absolute Gasteiger partial charge is 0.370 e. The van der Waals surface area contributed by atoms with Crippen LogP contribution >= 0.6 is 0 Å². The van der Waals surface area contributed by atoms with Gasteiger partial charge in [0.05, 0.1) is 25.3 Å². The summed E-state index contributed by atoms with van der Waals surface area (Å²) in [6.07, 6.45) is 2.22. The van der Waals surface area contributed by atoms with E-state index in [1.807, 2.05) is 0 Å². The number of quaternary nitrogens is 2. The van der Waals surface area contributed by atoms with E-state index in [1.54, 1.807) is 4.90 Å². The van der Waals surface area contributed by atoms with Crippen LogP contribution in [0.4, 0.5) is 0 Å². The van der Waals surface area contributed by atoms with Crippen molar-refractivity contribution in [1.82, 2.24) is 9.78 Å². The number of nitrogens with zero attached hydrogens (tertiary/aromatic N) is 2. The molecule has 5 nitrogen and oxygen atoms in total. The molecular formula is C23H30N4O+2. The molecule has 1 fully saturated rings. The van der Waals surface area contributed by atoms with E-state index in [0.717, 1.165) is 51.6 Å². The highest BCUT2D eigenvalue weighted by atomic mass is 16.5. The summed E-state index contributed by atoms with van der Waals surface area (Å²) in [5.41, 5.74) is 4.87. The Morgan fingerprint density at radius 1 is 0.964 bits per heavy atom. The fourth-order valence-corrected chi connectivity index (χ4v) is 3.78. The lowest BCUT2D eigenvalue weighted by atomic mass is 10.1. The van der Waals surface area contributed by atoms with Gasteiger partial charge in [-0.2, -0.15) is 5.10 Å². The summed E-state index contributed by atoms with van der Waals surface area (Å²) in [7, 11) is 0. The Labute approximate surface area is 166 Å². The second-order valence-electron chi connectivity index (χ2n) is 7.45. The fourth-order valence-electron chi connectivity index (χ4n) is 3.78. The Balaban J connectivity index is 1.43. The van der Waals surface area contributed by atoms with Gasteiger partial charge in [-0.25, -0.2) is 0 Å². The van der Waals surface area contributed by atoms with Crippen molar-refractivity contribution in [2.45, 2.75) is 13.1 Å². The van der Waals surface area contributed by atoms with Crippen molar-refractivity contribution >= 4 is 0 Å². The van der Waals surface area contributed by atoms with Crippen molar-refractivity contribution in [3.05, 3.63) is 78.0 Å². The van der Waals surface area contributed by atoms with Crippen LogP contribution in [-0.2, 0) is 17.8 Å². The lowest BCUT2D eigenvalue weighted by molar-refractivity contribution is -0.920. The van der Waals surface area contributed by atoms with Crippen LogP contribution in [0.15, 0.2) is 66.9 Å². The van der Waals surface area contributed by atoms with E-state index in [2.05, 4.69) is 76.9 Å². The van der Waals surface area contributed by atoms with Crippen molar-refractivity contribution in [3.63, 3.8) is 0 Å². The Morgan fingerprint density at radius 3 is 2.43 bits per heavy atom. The normalized spacial score (nSPS) is 15.0. The molecular weight excluding hydrogens is 348 g/mol. The SMILES string of the molecule is c1ccc(Cn2cc(C[NH2+]CC[NH+]3CCOCC3)c(-c3ccccc3)n2)cc1. The summed E-state index contributed by atoms with van der Waals surface area (Å²) in [4.78, 5) is 1.66. The van der Waals surface area contributed by atoms with E-state index >= 15 is 0 Å². The molecule has 5 heteroatoms. The van der Waals surface area contributed by atoms with E-state index in [0.29, 0.717) is 0 Å². The first-order valence-electron chi connectivity index (χ1n) is 10.3. The zero-order chi connectivity index (χ0) is 19.0. The topological polar surface area (TPSA) is 48.1 Å². The summed E-state index contributed by atoms with van der Waals surface area (Å²) in [6, 6.07) is 21.1. The van der Waals surface area contributed by atoms with E-state index in [1.165, 1.54) is 23.2 Å².